The summed E-state index contributed by atoms with van der Waals surface area (Å²) in [5.41, 5.74) is 5.24. The molecule has 0 spiro atoms. The van der Waals surface area contributed by atoms with Crippen molar-refractivity contribution >= 4 is 12.2 Å². The van der Waals surface area contributed by atoms with E-state index in [4.69, 9.17) is 15.2 Å². The lowest BCUT2D eigenvalue weighted by atomic mass is 10.4. The number of allylic oxidation sites excluding steroid dienone is 1. The second-order valence-corrected chi connectivity index (χ2v) is 3.27. The summed E-state index contributed by atoms with van der Waals surface area (Å²) >= 11 is 0. The highest BCUT2D eigenvalue weighted by Gasteiger charge is 2.03. The first kappa shape index (κ1) is 15.8. The molecule has 0 aromatic rings. The van der Waals surface area contributed by atoms with E-state index in [1.807, 2.05) is 0 Å². The van der Waals surface area contributed by atoms with Crippen molar-refractivity contribution in [3.05, 3.63) is 12.2 Å². The van der Waals surface area contributed by atoms with Crippen molar-refractivity contribution in [2.75, 3.05) is 46.6 Å². The van der Waals surface area contributed by atoms with Crippen molar-refractivity contribution in [3.8, 4) is 0 Å². The number of ether oxygens (including phenoxy) is 2. The summed E-state index contributed by atoms with van der Waals surface area (Å²) in [5.74, 6) is -0.222. The van der Waals surface area contributed by atoms with Crippen LogP contribution in [0.5, 0.6) is 0 Å². The van der Waals surface area contributed by atoms with Gasteiger partial charge in [-0.15, -0.1) is 0 Å². The smallest absolute Gasteiger partial charge is 0.246 e. The average molecular weight is 244 g/mol. The summed E-state index contributed by atoms with van der Waals surface area (Å²) in [5, 5.41) is 0. The Hall–Kier alpha value is -1.24. The van der Waals surface area contributed by atoms with Crippen LogP contribution in [-0.2, 0) is 19.1 Å². The fourth-order valence-electron chi connectivity index (χ4n) is 0.966. The van der Waals surface area contributed by atoms with E-state index in [1.54, 1.807) is 7.05 Å². The molecule has 1 amide bonds. The third kappa shape index (κ3) is 9.68. The number of hydrogen-bond acceptors (Lipinski definition) is 5. The Labute approximate surface area is 101 Å². The molecule has 6 heteroatoms. The van der Waals surface area contributed by atoms with Gasteiger partial charge in [0.1, 0.15) is 6.29 Å². The van der Waals surface area contributed by atoms with Crippen LogP contribution in [0.1, 0.15) is 0 Å². The SMILES string of the molecule is CN(CCOCCOCCN)C(=O)/C=C\C=O. The van der Waals surface area contributed by atoms with Gasteiger partial charge in [0.05, 0.1) is 26.4 Å². The highest BCUT2D eigenvalue weighted by atomic mass is 16.5. The molecule has 0 aliphatic heterocycles. The molecule has 98 valence electrons. The van der Waals surface area contributed by atoms with Gasteiger partial charge in [0.2, 0.25) is 5.91 Å². The first-order valence-electron chi connectivity index (χ1n) is 5.45. The quantitative estimate of drug-likeness (QED) is 0.309. The summed E-state index contributed by atoms with van der Waals surface area (Å²) in [7, 11) is 1.64. The normalized spacial score (nSPS) is 10.7. The van der Waals surface area contributed by atoms with Gasteiger partial charge in [-0.1, -0.05) is 0 Å². The first-order valence-corrected chi connectivity index (χ1v) is 5.45. The summed E-state index contributed by atoms with van der Waals surface area (Å²) in [6.07, 6.45) is 2.95. The number of likely N-dealkylation sites (N-methyl/N-ethyl adjacent to an activating group) is 1. The fourth-order valence-corrected chi connectivity index (χ4v) is 0.966. The second-order valence-electron chi connectivity index (χ2n) is 3.27. The van der Waals surface area contributed by atoms with E-state index in [9.17, 15) is 9.59 Å². The summed E-state index contributed by atoms with van der Waals surface area (Å²) in [4.78, 5) is 22.8. The molecule has 0 saturated heterocycles. The highest BCUT2D eigenvalue weighted by Crippen LogP contribution is 1.87. The molecule has 17 heavy (non-hydrogen) atoms. The molecule has 0 heterocycles. The van der Waals surface area contributed by atoms with Crippen molar-refractivity contribution in [1.82, 2.24) is 4.90 Å². The molecular weight excluding hydrogens is 224 g/mol. The van der Waals surface area contributed by atoms with Gasteiger partial charge in [-0.3, -0.25) is 9.59 Å². The summed E-state index contributed by atoms with van der Waals surface area (Å²) in [6, 6.07) is 0. The minimum atomic E-state index is -0.222. The molecule has 0 aromatic heterocycles. The minimum absolute atomic E-state index is 0.222. The Morgan fingerprint density at radius 2 is 1.88 bits per heavy atom. The molecule has 0 rings (SSSR count). The number of hydrogen-bond donors (Lipinski definition) is 1. The number of amides is 1. The van der Waals surface area contributed by atoms with Gasteiger partial charge in [-0.2, -0.15) is 0 Å². The van der Waals surface area contributed by atoms with Crippen LogP contribution in [0, 0.1) is 0 Å². The zero-order chi connectivity index (χ0) is 12.9. The van der Waals surface area contributed by atoms with Crippen molar-refractivity contribution in [1.29, 1.82) is 0 Å². The largest absolute Gasteiger partial charge is 0.378 e. The minimum Gasteiger partial charge on any atom is -0.378 e. The number of aldehydes is 1. The van der Waals surface area contributed by atoms with Gasteiger partial charge in [0.15, 0.2) is 0 Å². The van der Waals surface area contributed by atoms with Crippen LogP contribution < -0.4 is 5.73 Å². The van der Waals surface area contributed by atoms with Crippen molar-refractivity contribution < 1.29 is 19.1 Å². The van der Waals surface area contributed by atoms with E-state index in [-0.39, 0.29) is 5.91 Å². The number of rotatable bonds is 10. The molecule has 0 fully saturated rings. The standard InChI is InChI=1S/C11H20N2O4/c1-13(11(15)3-2-6-14)5-8-17-10-9-16-7-4-12/h2-3,6H,4-5,7-10,12H2,1H3/b3-2-. The molecule has 0 aliphatic rings. The van der Waals surface area contributed by atoms with E-state index in [2.05, 4.69) is 0 Å². The third-order valence-corrected chi connectivity index (χ3v) is 1.90. The Bertz CT molecular complexity index is 244. The predicted octanol–water partition coefficient (Wildman–Crippen LogP) is -0.808. The van der Waals surface area contributed by atoms with Gasteiger partial charge in [-0.05, 0) is 6.08 Å². The maximum absolute atomic E-state index is 11.3. The zero-order valence-electron chi connectivity index (χ0n) is 10.1. The van der Waals surface area contributed by atoms with Crippen LogP contribution >= 0.6 is 0 Å². The molecule has 6 nitrogen and oxygen atoms in total. The zero-order valence-corrected chi connectivity index (χ0v) is 10.1. The third-order valence-electron chi connectivity index (χ3n) is 1.90. The van der Waals surface area contributed by atoms with Crippen molar-refractivity contribution in [3.63, 3.8) is 0 Å². The first-order chi connectivity index (χ1) is 8.22. The van der Waals surface area contributed by atoms with Crippen LogP contribution in [0.15, 0.2) is 12.2 Å². The number of nitrogens with two attached hydrogens (primary N) is 1. The van der Waals surface area contributed by atoms with Crippen molar-refractivity contribution in [2.24, 2.45) is 5.73 Å². The monoisotopic (exact) mass is 244 g/mol. The van der Waals surface area contributed by atoms with Crippen LogP contribution in [0.4, 0.5) is 0 Å². The molecular formula is C11H20N2O4. The topological polar surface area (TPSA) is 81.9 Å². The lowest BCUT2D eigenvalue weighted by Gasteiger charge is -2.14. The van der Waals surface area contributed by atoms with E-state index >= 15 is 0 Å². The van der Waals surface area contributed by atoms with Gasteiger partial charge < -0.3 is 20.1 Å². The second kappa shape index (κ2) is 11.3. The molecule has 2 N–H and O–H groups in total. The predicted molar refractivity (Wildman–Crippen MR) is 63.5 cm³/mol. The molecule has 0 bridgehead atoms. The van der Waals surface area contributed by atoms with Crippen LogP contribution in [0.3, 0.4) is 0 Å². The maximum Gasteiger partial charge on any atom is 0.246 e. The molecule has 0 aliphatic carbocycles. The molecule has 0 aromatic carbocycles. The van der Waals surface area contributed by atoms with E-state index < -0.39 is 0 Å². The van der Waals surface area contributed by atoms with Crippen LogP contribution in [-0.4, -0.2) is 63.7 Å². The van der Waals surface area contributed by atoms with Crippen molar-refractivity contribution in [2.45, 2.75) is 0 Å². The summed E-state index contributed by atoms with van der Waals surface area (Å²) in [6.45, 7) is 2.91. The van der Waals surface area contributed by atoms with Gasteiger partial charge in [0, 0.05) is 26.2 Å². The van der Waals surface area contributed by atoms with Crippen LogP contribution in [0.2, 0.25) is 0 Å². The Balaban J connectivity index is 3.44. The molecule has 0 saturated carbocycles. The Morgan fingerprint density at radius 1 is 1.24 bits per heavy atom. The van der Waals surface area contributed by atoms with E-state index in [1.165, 1.54) is 17.1 Å². The lowest BCUT2D eigenvalue weighted by Crippen LogP contribution is -2.29. The van der Waals surface area contributed by atoms with Gasteiger partial charge >= 0.3 is 0 Å². The molecule has 0 atom stereocenters. The average Bonchev–Trinajstić information content (AvgIpc) is 2.34. The maximum atomic E-state index is 11.3. The van der Waals surface area contributed by atoms with Gasteiger partial charge in [-0.25, -0.2) is 0 Å². The summed E-state index contributed by atoms with van der Waals surface area (Å²) < 4.78 is 10.4. The van der Waals surface area contributed by atoms with E-state index in [0.29, 0.717) is 45.8 Å². The fraction of sp³-hybridized carbons (Fsp3) is 0.636. The molecule has 0 radical (unpaired) electrons. The van der Waals surface area contributed by atoms with Gasteiger partial charge in [0.25, 0.3) is 0 Å². The van der Waals surface area contributed by atoms with E-state index in [0.717, 1.165) is 0 Å². The Kier molecular flexibility index (Phi) is 10.4. The lowest BCUT2D eigenvalue weighted by molar-refractivity contribution is -0.125. The van der Waals surface area contributed by atoms with Crippen LogP contribution in [0.25, 0.3) is 0 Å². The number of carbonyl (C=O) groups excluding carboxylic acids is 2. The highest BCUT2D eigenvalue weighted by molar-refractivity contribution is 5.90. The number of carbonyl (C=O) groups is 2. The number of nitrogens with zero attached hydrogens (tertiary/aromatic N) is 1. The molecule has 0 unspecified atom stereocenters. The Morgan fingerprint density at radius 3 is 2.47 bits per heavy atom.